The third kappa shape index (κ3) is 12.8. The highest BCUT2D eigenvalue weighted by Gasteiger charge is 2.29. The van der Waals surface area contributed by atoms with Gasteiger partial charge in [-0.3, -0.25) is 9.59 Å². The highest BCUT2D eigenvalue weighted by molar-refractivity contribution is 5.89. The van der Waals surface area contributed by atoms with Crippen molar-refractivity contribution in [2.45, 2.75) is 85.1 Å². The van der Waals surface area contributed by atoms with Crippen LogP contribution in [0.2, 0.25) is 0 Å². The Hall–Kier alpha value is -2.74. The Bertz CT molecular complexity index is 962. The first-order valence-corrected chi connectivity index (χ1v) is 14.2. The number of hydrogen-bond donors (Lipinski definition) is 2. The number of methoxy groups -OCH3 is 1. The van der Waals surface area contributed by atoms with Crippen molar-refractivity contribution in [2.75, 3.05) is 26.9 Å². The standard InChI is InChI=1S/C32H48N2O5/c1-6-26(4)30(32(36)33-22-27-15-11-24(2)12-16-27)34-31(35)29(39-21-9-19-37-5)10-7-8-20-38-23-28-17-13-25(3)14-18-28/h11-18,26,29-30H,6-10,19-23H2,1-5H3,(H,33,36)(H,34,35). The third-order valence-corrected chi connectivity index (χ3v) is 6.88. The number of carbonyl (C=O) groups excluding carboxylic acids is 2. The lowest BCUT2D eigenvalue weighted by Gasteiger charge is -2.26. The Balaban J connectivity index is 1.88. The van der Waals surface area contributed by atoms with Gasteiger partial charge in [-0.2, -0.15) is 0 Å². The molecule has 2 aromatic carbocycles. The average molecular weight is 541 g/mol. The van der Waals surface area contributed by atoms with Gasteiger partial charge >= 0.3 is 0 Å². The zero-order valence-corrected chi connectivity index (χ0v) is 24.5. The molecule has 0 saturated heterocycles. The quantitative estimate of drug-likeness (QED) is 0.238. The molecule has 0 aromatic heterocycles. The molecule has 2 amide bonds. The largest absolute Gasteiger partial charge is 0.385 e. The van der Waals surface area contributed by atoms with Gasteiger partial charge in [-0.05, 0) is 56.6 Å². The molecule has 2 rings (SSSR count). The smallest absolute Gasteiger partial charge is 0.249 e. The van der Waals surface area contributed by atoms with Crippen molar-refractivity contribution >= 4 is 11.8 Å². The van der Waals surface area contributed by atoms with Crippen molar-refractivity contribution in [1.29, 1.82) is 0 Å². The predicted molar refractivity (Wildman–Crippen MR) is 155 cm³/mol. The molecule has 2 aromatic rings. The summed E-state index contributed by atoms with van der Waals surface area (Å²) in [7, 11) is 1.65. The van der Waals surface area contributed by atoms with E-state index in [1.807, 2.05) is 45.0 Å². The predicted octanol–water partition coefficient (Wildman–Crippen LogP) is 5.26. The van der Waals surface area contributed by atoms with E-state index < -0.39 is 12.1 Å². The zero-order valence-electron chi connectivity index (χ0n) is 24.5. The molecule has 0 saturated carbocycles. The van der Waals surface area contributed by atoms with E-state index in [0.717, 1.165) is 30.4 Å². The number of unbranched alkanes of at least 4 members (excludes halogenated alkanes) is 1. The first-order chi connectivity index (χ1) is 18.8. The molecule has 0 radical (unpaired) electrons. The first kappa shape index (κ1) is 32.5. The lowest BCUT2D eigenvalue weighted by molar-refractivity contribution is -0.138. The minimum absolute atomic E-state index is 0.0173. The molecule has 0 bridgehead atoms. The topological polar surface area (TPSA) is 85.9 Å². The Kier molecular flexibility index (Phi) is 15.4. The number of hydrogen-bond acceptors (Lipinski definition) is 5. The summed E-state index contributed by atoms with van der Waals surface area (Å²) in [6.07, 6.45) is 3.00. The van der Waals surface area contributed by atoms with Gasteiger partial charge < -0.3 is 24.8 Å². The van der Waals surface area contributed by atoms with Gasteiger partial charge in [0.1, 0.15) is 12.1 Å². The van der Waals surface area contributed by atoms with Crippen molar-refractivity contribution in [3.05, 3.63) is 70.8 Å². The van der Waals surface area contributed by atoms with E-state index in [4.69, 9.17) is 14.2 Å². The van der Waals surface area contributed by atoms with Gasteiger partial charge in [0.2, 0.25) is 11.8 Å². The minimum Gasteiger partial charge on any atom is -0.385 e. The SMILES string of the molecule is CCC(C)C(NC(=O)C(CCCCOCc1ccc(C)cc1)OCCCOC)C(=O)NCc1ccc(C)cc1. The van der Waals surface area contributed by atoms with Gasteiger partial charge in [0.05, 0.1) is 6.61 Å². The van der Waals surface area contributed by atoms with Crippen molar-refractivity contribution < 1.29 is 23.8 Å². The maximum Gasteiger partial charge on any atom is 0.249 e. The van der Waals surface area contributed by atoms with E-state index >= 15 is 0 Å². The summed E-state index contributed by atoms with van der Waals surface area (Å²) in [5.41, 5.74) is 4.57. The molecule has 216 valence electrons. The van der Waals surface area contributed by atoms with Crippen molar-refractivity contribution in [1.82, 2.24) is 10.6 Å². The molecule has 0 aliphatic heterocycles. The van der Waals surface area contributed by atoms with Gasteiger partial charge in [-0.1, -0.05) is 79.9 Å². The van der Waals surface area contributed by atoms with Crippen LogP contribution >= 0.6 is 0 Å². The summed E-state index contributed by atoms with van der Waals surface area (Å²) >= 11 is 0. The van der Waals surface area contributed by atoms with Gasteiger partial charge in [0.25, 0.3) is 0 Å². The van der Waals surface area contributed by atoms with Crippen LogP contribution in [0.3, 0.4) is 0 Å². The Morgan fingerprint density at radius 1 is 0.821 bits per heavy atom. The first-order valence-electron chi connectivity index (χ1n) is 14.2. The Labute approximate surface area is 235 Å². The van der Waals surface area contributed by atoms with Crippen molar-refractivity contribution in [2.24, 2.45) is 5.92 Å². The molecule has 7 heteroatoms. The van der Waals surface area contributed by atoms with E-state index in [2.05, 4.69) is 41.8 Å². The van der Waals surface area contributed by atoms with Crippen LogP contribution in [0.1, 0.15) is 68.2 Å². The van der Waals surface area contributed by atoms with E-state index in [-0.39, 0.29) is 17.7 Å². The maximum absolute atomic E-state index is 13.3. The molecule has 0 heterocycles. The fraction of sp³-hybridized carbons (Fsp3) is 0.562. The number of benzene rings is 2. The molecule has 39 heavy (non-hydrogen) atoms. The summed E-state index contributed by atoms with van der Waals surface area (Å²) < 4.78 is 16.9. The van der Waals surface area contributed by atoms with E-state index in [0.29, 0.717) is 45.8 Å². The average Bonchev–Trinajstić information content (AvgIpc) is 2.94. The van der Waals surface area contributed by atoms with Crippen LogP contribution in [0.4, 0.5) is 0 Å². The highest BCUT2D eigenvalue weighted by Crippen LogP contribution is 2.13. The second kappa shape index (κ2) is 18.5. The summed E-state index contributed by atoms with van der Waals surface area (Å²) in [4.78, 5) is 26.4. The van der Waals surface area contributed by atoms with E-state index in [1.165, 1.54) is 11.1 Å². The summed E-state index contributed by atoms with van der Waals surface area (Å²) in [6.45, 7) is 10.7. The lowest BCUT2D eigenvalue weighted by Crippen LogP contribution is -2.53. The molecular weight excluding hydrogens is 492 g/mol. The normalized spacial score (nSPS) is 13.5. The number of rotatable bonds is 19. The maximum atomic E-state index is 13.3. The summed E-state index contributed by atoms with van der Waals surface area (Å²) in [6, 6.07) is 15.7. The van der Waals surface area contributed by atoms with Crippen LogP contribution < -0.4 is 10.6 Å². The minimum atomic E-state index is -0.629. The number of nitrogens with one attached hydrogen (secondary N) is 2. The molecule has 0 aliphatic rings. The van der Waals surface area contributed by atoms with Gasteiger partial charge in [-0.15, -0.1) is 0 Å². The van der Waals surface area contributed by atoms with Gasteiger partial charge in [0, 0.05) is 33.5 Å². The Morgan fingerprint density at radius 2 is 1.46 bits per heavy atom. The monoisotopic (exact) mass is 540 g/mol. The lowest BCUT2D eigenvalue weighted by atomic mass is 9.97. The van der Waals surface area contributed by atoms with Gasteiger partial charge in [-0.25, -0.2) is 0 Å². The van der Waals surface area contributed by atoms with Crippen LogP contribution in [0.5, 0.6) is 0 Å². The van der Waals surface area contributed by atoms with Crippen LogP contribution in [0, 0.1) is 19.8 Å². The second-order valence-corrected chi connectivity index (χ2v) is 10.3. The van der Waals surface area contributed by atoms with Gasteiger partial charge in [0.15, 0.2) is 0 Å². The molecule has 0 spiro atoms. The molecule has 0 fully saturated rings. The van der Waals surface area contributed by atoms with Crippen LogP contribution in [0.15, 0.2) is 48.5 Å². The third-order valence-electron chi connectivity index (χ3n) is 6.88. The molecule has 0 aliphatic carbocycles. The molecule has 3 unspecified atom stereocenters. The zero-order chi connectivity index (χ0) is 28.5. The summed E-state index contributed by atoms with van der Waals surface area (Å²) in [5, 5.41) is 5.99. The number of aryl methyl sites for hydroxylation is 2. The van der Waals surface area contributed by atoms with Crippen molar-refractivity contribution in [3.8, 4) is 0 Å². The molecule has 3 atom stereocenters. The number of amides is 2. The molecular formula is C32H48N2O5. The molecule has 2 N–H and O–H groups in total. The Morgan fingerprint density at radius 3 is 2.08 bits per heavy atom. The number of ether oxygens (including phenoxy) is 3. The van der Waals surface area contributed by atoms with Crippen LogP contribution in [-0.4, -0.2) is 50.9 Å². The second-order valence-electron chi connectivity index (χ2n) is 10.3. The van der Waals surface area contributed by atoms with E-state index in [9.17, 15) is 9.59 Å². The number of carbonyl (C=O) groups is 2. The fourth-order valence-electron chi connectivity index (χ4n) is 4.08. The van der Waals surface area contributed by atoms with Crippen LogP contribution in [0.25, 0.3) is 0 Å². The molecule has 7 nitrogen and oxygen atoms in total. The van der Waals surface area contributed by atoms with Crippen molar-refractivity contribution in [3.63, 3.8) is 0 Å². The van der Waals surface area contributed by atoms with E-state index in [1.54, 1.807) is 7.11 Å². The fourth-order valence-corrected chi connectivity index (χ4v) is 4.08. The summed E-state index contributed by atoms with van der Waals surface area (Å²) in [5.74, 6) is -0.444. The van der Waals surface area contributed by atoms with Crippen LogP contribution in [-0.2, 0) is 37.0 Å². The highest BCUT2D eigenvalue weighted by atomic mass is 16.5.